The Bertz CT molecular complexity index is 996. The van der Waals surface area contributed by atoms with Crippen LogP contribution in [-0.2, 0) is 6.54 Å². The molecule has 0 spiro atoms. The van der Waals surface area contributed by atoms with Crippen LogP contribution in [0.15, 0.2) is 24.5 Å². The van der Waals surface area contributed by atoms with Crippen LogP contribution in [0.1, 0.15) is 25.5 Å². The van der Waals surface area contributed by atoms with Crippen molar-refractivity contribution in [3.8, 4) is 11.5 Å². The Morgan fingerprint density at radius 3 is 2.76 bits per heavy atom. The van der Waals surface area contributed by atoms with Gasteiger partial charge in [0.15, 0.2) is 28.5 Å². The molecule has 9 heteroatoms. The molecule has 4 rings (SSSR count). The number of methoxy groups -OCH3 is 1. The van der Waals surface area contributed by atoms with Crippen molar-refractivity contribution >= 4 is 22.9 Å². The quantitative estimate of drug-likeness (QED) is 0.582. The number of nitrogens with zero attached hydrogens (tertiary/aromatic N) is 5. The first kappa shape index (κ1) is 19.3. The lowest BCUT2D eigenvalue weighted by molar-refractivity contribution is 0.371. The Morgan fingerprint density at radius 1 is 1.24 bits per heavy atom. The molecular weight excluding hydrogens is 370 g/mol. The van der Waals surface area contributed by atoms with Gasteiger partial charge in [0.05, 0.1) is 13.4 Å². The number of nitrogens with one attached hydrogen (secondary N) is 2. The number of hydrogen-bond acceptors (Lipinski definition) is 8. The van der Waals surface area contributed by atoms with Gasteiger partial charge >= 0.3 is 0 Å². The second-order valence-electron chi connectivity index (χ2n) is 7.35. The van der Waals surface area contributed by atoms with Crippen LogP contribution in [0.5, 0.6) is 11.5 Å². The molecule has 1 saturated heterocycles. The summed E-state index contributed by atoms with van der Waals surface area (Å²) in [6.07, 6.45) is 1.81. The molecule has 0 aliphatic carbocycles. The first-order chi connectivity index (χ1) is 14.1. The molecule has 29 heavy (non-hydrogen) atoms. The molecule has 0 amide bonds. The third kappa shape index (κ3) is 3.77. The summed E-state index contributed by atoms with van der Waals surface area (Å²) in [5.74, 6) is 1.93. The van der Waals surface area contributed by atoms with Crippen molar-refractivity contribution in [2.24, 2.45) is 0 Å². The van der Waals surface area contributed by atoms with Gasteiger partial charge in [-0.25, -0.2) is 4.98 Å². The van der Waals surface area contributed by atoms with E-state index in [1.165, 1.54) is 0 Å². The summed E-state index contributed by atoms with van der Waals surface area (Å²) in [4.78, 5) is 16.3. The minimum atomic E-state index is 0.128. The van der Waals surface area contributed by atoms with Crippen LogP contribution >= 0.6 is 0 Å². The van der Waals surface area contributed by atoms with E-state index < -0.39 is 0 Å². The van der Waals surface area contributed by atoms with E-state index in [-0.39, 0.29) is 11.8 Å². The molecule has 154 valence electrons. The van der Waals surface area contributed by atoms with Gasteiger partial charge in [-0.2, -0.15) is 9.97 Å². The number of rotatable bonds is 6. The standard InChI is InChI=1S/C20H27N7O2/c1-13(2)27-12-23-16-18(22-11-14-5-4-6-15(29-3)17(14)28)24-20(25-19(16)27)26-9-7-21-8-10-26/h4-6,12-13,21,28H,7-11H2,1-3H3,(H,22,24,25). The molecule has 9 nitrogen and oxygen atoms in total. The zero-order chi connectivity index (χ0) is 20.4. The number of aromatic nitrogens is 4. The lowest BCUT2D eigenvalue weighted by Crippen LogP contribution is -2.44. The number of phenolic OH excluding ortho intramolecular Hbond substituents is 1. The maximum absolute atomic E-state index is 10.4. The Balaban J connectivity index is 1.70. The van der Waals surface area contributed by atoms with Crippen molar-refractivity contribution in [1.82, 2.24) is 24.8 Å². The predicted molar refractivity (Wildman–Crippen MR) is 113 cm³/mol. The smallest absolute Gasteiger partial charge is 0.229 e. The first-order valence-electron chi connectivity index (χ1n) is 9.87. The van der Waals surface area contributed by atoms with Crippen molar-refractivity contribution in [3.05, 3.63) is 30.1 Å². The highest BCUT2D eigenvalue weighted by Gasteiger charge is 2.20. The Hall–Kier alpha value is -3.07. The third-order valence-corrected chi connectivity index (χ3v) is 5.11. The second-order valence-corrected chi connectivity index (χ2v) is 7.35. The molecule has 0 saturated carbocycles. The number of para-hydroxylation sites is 1. The number of piperazine rings is 1. The van der Waals surface area contributed by atoms with E-state index in [9.17, 15) is 5.11 Å². The predicted octanol–water partition coefficient (Wildman–Crippen LogP) is 2.14. The number of hydrogen-bond donors (Lipinski definition) is 3. The van der Waals surface area contributed by atoms with Crippen LogP contribution in [-0.4, -0.2) is 57.9 Å². The van der Waals surface area contributed by atoms with Crippen LogP contribution in [0.4, 0.5) is 11.8 Å². The molecule has 2 aromatic heterocycles. The molecule has 1 aliphatic heterocycles. The Kier molecular flexibility index (Phi) is 5.39. The fourth-order valence-corrected chi connectivity index (χ4v) is 3.47. The van der Waals surface area contributed by atoms with Crippen LogP contribution in [0.25, 0.3) is 11.2 Å². The average Bonchev–Trinajstić information content (AvgIpc) is 3.18. The molecular formula is C20H27N7O2. The van der Waals surface area contributed by atoms with Crippen molar-refractivity contribution in [3.63, 3.8) is 0 Å². The second kappa shape index (κ2) is 8.12. The van der Waals surface area contributed by atoms with Crippen molar-refractivity contribution in [1.29, 1.82) is 0 Å². The molecule has 0 atom stereocenters. The highest BCUT2D eigenvalue weighted by atomic mass is 16.5. The summed E-state index contributed by atoms with van der Waals surface area (Å²) < 4.78 is 7.26. The molecule has 0 unspecified atom stereocenters. The highest BCUT2D eigenvalue weighted by Crippen LogP contribution is 2.31. The van der Waals surface area contributed by atoms with Crippen LogP contribution in [0.3, 0.4) is 0 Å². The van der Waals surface area contributed by atoms with E-state index in [1.54, 1.807) is 19.5 Å². The van der Waals surface area contributed by atoms with Crippen molar-refractivity contribution in [2.45, 2.75) is 26.4 Å². The van der Waals surface area contributed by atoms with E-state index >= 15 is 0 Å². The topological polar surface area (TPSA) is 100 Å². The lowest BCUT2D eigenvalue weighted by atomic mass is 10.2. The van der Waals surface area contributed by atoms with Crippen LogP contribution in [0.2, 0.25) is 0 Å². The molecule has 3 aromatic rings. The lowest BCUT2D eigenvalue weighted by Gasteiger charge is -2.27. The number of phenols is 1. The largest absolute Gasteiger partial charge is 0.504 e. The molecule has 1 aliphatic rings. The number of benzene rings is 1. The molecule has 1 fully saturated rings. The molecule has 1 aromatic carbocycles. The summed E-state index contributed by atoms with van der Waals surface area (Å²) >= 11 is 0. The van der Waals surface area contributed by atoms with Gasteiger partial charge in [-0.15, -0.1) is 0 Å². The summed E-state index contributed by atoms with van der Waals surface area (Å²) in [5.41, 5.74) is 2.25. The summed E-state index contributed by atoms with van der Waals surface area (Å²) in [5, 5.41) is 17.1. The van der Waals surface area contributed by atoms with Gasteiger partial charge in [0.25, 0.3) is 0 Å². The fraction of sp³-hybridized carbons (Fsp3) is 0.450. The van der Waals surface area contributed by atoms with Gasteiger partial charge in [0, 0.05) is 44.3 Å². The SMILES string of the molecule is COc1cccc(CNc2nc(N3CCNCC3)nc3c2ncn3C(C)C)c1O. The maximum Gasteiger partial charge on any atom is 0.229 e. The highest BCUT2D eigenvalue weighted by molar-refractivity contribution is 5.84. The number of fused-ring (bicyclic) bond motifs is 1. The van der Waals surface area contributed by atoms with E-state index in [0.717, 1.165) is 42.9 Å². The normalized spacial score (nSPS) is 14.6. The van der Waals surface area contributed by atoms with E-state index in [2.05, 4.69) is 38.9 Å². The zero-order valence-electron chi connectivity index (χ0n) is 17.0. The molecule has 3 heterocycles. The molecule has 0 radical (unpaired) electrons. The minimum Gasteiger partial charge on any atom is -0.504 e. The van der Waals surface area contributed by atoms with Gasteiger partial charge in [0.2, 0.25) is 5.95 Å². The van der Waals surface area contributed by atoms with E-state index in [0.29, 0.717) is 24.1 Å². The fourth-order valence-electron chi connectivity index (χ4n) is 3.47. The minimum absolute atomic E-state index is 0.128. The number of ether oxygens (including phenoxy) is 1. The molecule has 0 bridgehead atoms. The van der Waals surface area contributed by atoms with Crippen molar-refractivity contribution < 1.29 is 9.84 Å². The number of aromatic hydroxyl groups is 1. The number of imidazole rings is 1. The molecule has 3 N–H and O–H groups in total. The monoisotopic (exact) mass is 397 g/mol. The van der Waals surface area contributed by atoms with Crippen LogP contribution < -0.4 is 20.3 Å². The van der Waals surface area contributed by atoms with Gasteiger partial charge in [-0.1, -0.05) is 12.1 Å². The number of anilines is 2. The summed E-state index contributed by atoms with van der Waals surface area (Å²) in [6, 6.07) is 5.67. The van der Waals surface area contributed by atoms with Crippen molar-refractivity contribution in [2.75, 3.05) is 43.5 Å². The van der Waals surface area contributed by atoms with Gasteiger partial charge in [-0.05, 0) is 19.9 Å². The van der Waals surface area contributed by atoms with E-state index in [1.807, 2.05) is 12.1 Å². The zero-order valence-corrected chi connectivity index (χ0v) is 17.0. The summed E-state index contributed by atoms with van der Waals surface area (Å²) in [7, 11) is 1.54. The summed E-state index contributed by atoms with van der Waals surface area (Å²) in [6.45, 7) is 8.14. The average molecular weight is 397 g/mol. The Labute approximate surface area is 169 Å². The van der Waals surface area contributed by atoms with Gasteiger partial charge < -0.3 is 29.9 Å². The third-order valence-electron chi connectivity index (χ3n) is 5.11. The van der Waals surface area contributed by atoms with Gasteiger partial charge in [-0.3, -0.25) is 0 Å². The Morgan fingerprint density at radius 2 is 2.03 bits per heavy atom. The maximum atomic E-state index is 10.4. The van der Waals surface area contributed by atoms with Crippen LogP contribution in [0, 0.1) is 0 Å². The van der Waals surface area contributed by atoms with E-state index in [4.69, 9.17) is 14.7 Å². The first-order valence-corrected chi connectivity index (χ1v) is 9.87. The van der Waals surface area contributed by atoms with Gasteiger partial charge in [0.1, 0.15) is 0 Å².